The van der Waals surface area contributed by atoms with Gasteiger partial charge in [0.2, 0.25) is 0 Å². The summed E-state index contributed by atoms with van der Waals surface area (Å²) in [6.07, 6.45) is 1.58. The second-order valence-corrected chi connectivity index (χ2v) is 7.69. The predicted octanol–water partition coefficient (Wildman–Crippen LogP) is 5.45. The molecule has 0 saturated heterocycles. The van der Waals surface area contributed by atoms with Crippen molar-refractivity contribution in [2.45, 2.75) is 32.7 Å². The maximum absolute atomic E-state index is 12.9. The molecule has 3 rings (SSSR count). The Labute approximate surface area is 173 Å². The minimum atomic E-state index is -0.314. The number of carbonyl (C=O) groups excluding carboxylic acids is 1. The number of hydrogen-bond donors (Lipinski definition) is 1. The lowest BCUT2D eigenvalue weighted by Crippen LogP contribution is -2.48. The fourth-order valence-electron chi connectivity index (χ4n) is 3.15. The van der Waals surface area contributed by atoms with Crippen LogP contribution in [0.25, 0.3) is 0 Å². The summed E-state index contributed by atoms with van der Waals surface area (Å²) in [6, 6.07) is 9.13. The van der Waals surface area contributed by atoms with Crippen LogP contribution in [0.3, 0.4) is 0 Å². The van der Waals surface area contributed by atoms with Gasteiger partial charge in [-0.15, -0.1) is 0 Å². The molecular weight excluding hydrogens is 400 g/mol. The summed E-state index contributed by atoms with van der Waals surface area (Å²) in [4.78, 5) is 14.8. The molecule has 1 aliphatic rings. The standard InChI is InChI=1S/C20H21ClN2O2S2/c1-3-5-16-17(19(24)25-4-2)18(13-10-11-27-12-13)22-20(26)23(16)15-8-6-14(21)7-9-15/h6-12,18H,3-5H2,1-2H3,(H,22,26). The Kier molecular flexibility index (Phi) is 6.52. The van der Waals surface area contributed by atoms with Crippen molar-refractivity contribution in [2.24, 2.45) is 0 Å². The van der Waals surface area contributed by atoms with E-state index in [1.807, 2.05) is 52.9 Å². The number of thiophene rings is 1. The van der Waals surface area contributed by atoms with E-state index in [4.69, 9.17) is 28.6 Å². The molecule has 1 atom stereocenters. The van der Waals surface area contributed by atoms with Crippen LogP contribution in [0.15, 0.2) is 52.4 Å². The van der Waals surface area contributed by atoms with E-state index in [0.29, 0.717) is 28.7 Å². The zero-order valence-corrected chi connectivity index (χ0v) is 17.6. The van der Waals surface area contributed by atoms with Gasteiger partial charge < -0.3 is 10.1 Å². The van der Waals surface area contributed by atoms with Crippen LogP contribution in [0.2, 0.25) is 5.02 Å². The molecule has 0 radical (unpaired) electrons. The van der Waals surface area contributed by atoms with E-state index in [9.17, 15) is 4.79 Å². The lowest BCUT2D eigenvalue weighted by atomic mass is 9.94. The van der Waals surface area contributed by atoms with Crippen molar-refractivity contribution in [1.82, 2.24) is 5.32 Å². The van der Waals surface area contributed by atoms with Gasteiger partial charge in [-0.2, -0.15) is 11.3 Å². The topological polar surface area (TPSA) is 41.6 Å². The Hall–Kier alpha value is -1.89. The van der Waals surface area contributed by atoms with Crippen LogP contribution >= 0.6 is 35.2 Å². The number of benzene rings is 1. The maximum atomic E-state index is 12.9. The number of allylic oxidation sites excluding steroid dienone is 1. The second kappa shape index (κ2) is 8.87. The monoisotopic (exact) mass is 420 g/mol. The normalized spacial score (nSPS) is 17.1. The predicted molar refractivity (Wildman–Crippen MR) is 115 cm³/mol. The zero-order chi connectivity index (χ0) is 19.4. The van der Waals surface area contributed by atoms with Gasteiger partial charge in [-0.05, 0) is 72.2 Å². The number of thiocarbonyl (C=S) groups is 1. The summed E-state index contributed by atoms with van der Waals surface area (Å²) >= 11 is 13.3. The Morgan fingerprint density at radius 3 is 2.63 bits per heavy atom. The average Bonchev–Trinajstić information content (AvgIpc) is 3.17. The second-order valence-electron chi connectivity index (χ2n) is 6.08. The van der Waals surface area contributed by atoms with Gasteiger partial charge in [0.05, 0.1) is 18.2 Å². The first-order valence-corrected chi connectivity index (χ1v) is 10.6. The van der Waals surface area contributed by atoms with Crippen molar-refractivity contribution in [1.29, 1.82) is 0 Å². The molecular formula is C20H21ClN2O2S2. The van der Waals surface area contributed by atoms with Gasteiger partial charge in [0.25, 0.3) is 0 Å². The highest BCUT2D eigenvalue weighted by atomic mass is 35.5. The van der Waals surface area contributed by atoms with Gasteiger partial charge in [-0.3, -0.25) is 4.90 Å². The minimum Gasteiger partial charge on any atom is -0.463 e. The largest absolute Gasteiger partial charge is 0.463 e. The van der Waals surface area contributed by atoms with Crippen molar-refractivity contribution in [3.05, 3.63) is 62.9 Å². The molecule has 0 amide bonds. The summed E-state index contributed by atoms with van der Waals surface area (Å²) in [5.74, 6) is -0.314. The molecule has 7 heteroatoms. The van der Waals surface area contributed by atoms with Gasteiger partial charge >= 0.3 is 5.97 Å². The summed E-state index contributed by atoms with van der Waals surface area (Å²) in [5, 5.41) is 8.57. The Morgan fingerprint density at radius 2 is 2.04 bits per heavy atom. The number of hydrogen-bond acceptors (Lipinski definition) is 4. The molecule has 1 N–H and O–H groups in total. The fourth-order valence-corrected chi connectivity index (χ4v) is 4.30. The SMILES string of the molecule is CCCC1=C(C(=O)OCC)C(c2ccsc2)NC(=S)N1c1ccc(Cl)cc1. The molecule has 2 aromatic rings. The fraction of sp³-hybridized carbons (Fsp3) is 0.300. The van der Waals surface area contributed by atoms with Crippen LogP contribution in [0.1, 0.15) is 38.3 Å². The maximum Gasteiger partial charge on any atom is 0.338 e. The first kappa shape index (κ1) is 19.9. The van der Waals surface area contributed by atoms with E-state index in [0.717, 1.165) is 23.4 Å². The third-order valence-corrected chi connectivity index (χ3v) is 5.54. The van der Waals surface area contributed by atoms with Gasteiger partial charge in [0, 0.05) is 16.4 Å². The van der Waals surface area contributed by atoms with E-state index in [-0.39, 0.29) is 12.0 Å². The highest BCUT2D eigenvalue weighted by Crippen LogP contribution is 2.37. The first-order chi connectivity index (χ1) is 13.1. The minimum absolute atomic E-state index is 0.312. The van der Waals surface area contributed by atoms with Gasteiger partial charge in [0.1, 0.15) is 0 Å². The molecule has 1 aromatic heterocycles. The Balaban J connectivity index is 2.17. The molecule has 0 aliphatic carbocycles. The van der Waals surface area contributed by atoms with Crippen molar-refractivity contribution in [2.75, 3.05) is 11.5 Å². The van der Waals surface area contributed by atoms with E-state index in [1.165, 1.54) is 0 Å². The van der Waals surface area contributed by atoms with Crippen molar-refractivity contribution in [3.8, 4) is 0 Å². The number of anilines is 1. The molecule has 2 heterocycles. The molecule has 0 spiro atoms. The number of ether oxygens (including phenoxy) is 1. The average molecular weight is 421 g/mol. The van der Waals surface area contributed by atoms with Crippen molar-refractivity contribution < 1.29 is 9.53 Å². The number of esters is 1. The van der Waals surface area contributed by atoms with Crippen molar-refractivity contribution >= 4 is 51.9 Å². The molecule has 142 valence electrons. The van der Waals surface area contributed by atoms with Crippen LogP contribution in [0, 0.1) is 0 Å². The van der Waals surface area contributed by atoms with Crippen molar-refractivity contribution in [3.63, 3.8) is 0 Å². The van der Waals surface area contributed by atoms with E-state index >= 15 is 0 Å². The summed E-state index contributed by atoms with van der Waals surface area (Å²) in [6.45, 7) is 4.22. The van der Waals surface area contributed by atoms with E-state index in [1.54, 1.807) is 11.3 Å². The summed E-state index contributed by atoms with van der Waals surface area (Å²) in [7, 11) is 0. The summed E-state index contributed by atoms with van der Waals surface area (Å²) in [5.41, 5.74) is 3.36. The number of nitrogens with zero attached hydrogens (tertiary/aromatic N) is 1. The van der Waals surface area contributed by atoms with Gasteiger partial charge in [-0.1, -0.05) is 24.9 Å². The van der Waals surface area contributed by atoms with Gasteiger partial charge in [0.15, 0.2) is 5.11 Å². The first-order valence-electron chi connectivity index (χ1n) is 8.85. The van der Waals surface area contributed by atoms with Crippen LogP contribution in [-0.4, -0.2) is 17.7 Å². The van der Waals surface area contributed by atoms with E-state index < -0.39 is 0 Å². The quantitative estimate of drug-likeness (QED) is 0.496. The molecule has 0 bridgehead atoms. The number of halogens is 1. The smallest absolute Gasteiger partial charge is 0.338 e. The molecule has 0 saturated carbocycles. The van der Waals surface area contributed by atoms with Crippen LogP contribution in [0.4, 0.5) is 5.69 Å². The molecule has 1 unspecified atom stereocenters. The number of nitrogens with one attached hydrogen (secondary N) is 1. The zero-order valence-electron chi connectivity index (χ0n) is 15.2. The molecule has 27 heavy (non-hydrogen) atoms. The molecule has 1 aliphatic heterocycles. The third kappa shape index (κ3) is 4.18. The lowest BCUT2D eigenvalue weighted by molar-refractivity contribution is -0.139. The molecule has 4 nitrogen and oxygen atoms in total. The third-order valence-electron chi connectivity index (χ3n) is 4.28. The Morgan fingerprint density at radius 1 is 1.30 bits per heavy atom. The summed E-state index contributed by atoms with van der Waals surface area (Å²) < 4.78 is 5.40. The van der Waals surface area contributed by atoms with Crippen LogP contribution < -0.4 is 10.2 Å². The highest BCUT2D eigenvalue weighted by Gasteiger charge is 2.36. The van der Waals surface area contributed by atoms with E-state index in [2.05, 4.69) is 12.2 Å². The molecule has 1 aromatic carbocycles. The van der Waals surface area contributed by atoms with Crippen LogP contribution in [-0.2, 0) is 9.53 Å². The Bertz CT molecular complexity index is 847. The number of carbonyl (C=O) groups is 1. The van der Waals surface area contributed by atoms with Crippen LogP contribution in [0.5, 0.6) is 0 Å². The lowest BCUT2D eigenvalue weighted by Gasteiger charge is -2.38. The highest BCUT2D eigenvalue weighted by molar-refractivity contribution is 7.80. The van der Waals surface area contributed by atoms with Gasteiger partial charge in [-0.25, -0.2) is 4.79 Å². The number of rotatable bonds is 6. The molecule has 0 fully saturated rings.